The summed E-state index contributed by atoms with van der Waals surface area (Å²) in [4.78, 5) is 29.8. The standard InChI is InChI=1S/C22H20F3N5O2/c1-11-7-13(3-5-16(11)22(23,24)25)15-8-12(2)30-19(20(15)31)17(10-28-30)29-21(32)14-4-6-18(26)27-9-14/h3-7,9-10,12,15H,8H2,1-2H3,(H2,26,27)(H,29,32)/t12-,15?/m0/s1. The lowest BCUT2D eigenvalue weighted by Crippen LogP contribution is -2.29. The van der Waals surface area contributed by atoms with E-state index in [1.165, 1.54) is 48.3 Å². The zero-order chi connectivity index (χ0) is 23.2. The van der Waals surface area contributed by atoms with Crippen molar-refractivity contribution in [2.45, 2.75) is 38.4 Å². The van der Waals surface area contributed by atoms with Gasteiger partial charge in [0.2, 0.25) is 0 Å². The smallest absolute Gasteiger partial charge is 0.384 e. The average Bonchev–Trinajstić information content (AvgIpc) is 3.14. The van der Waals surface area contributed by atoms with Crippen LogP contribution in [0.15, 0.2) is 42.7 Å². The molecule has 4 rings (SSSR count). The number of rotatable bonds is 3. The number of nitrogens with one attached hydrogen (secondary N) is 1. The molecule has 0 radical (unpaired) electrons. The molecule has 2 atom stereocenters. The number of nitrogens with two attached hydrogens (primary N) is 1. The van der Waals surface area contributed by atoms with E-state index in [0.717, 1.165) is 6.07 Å². The fourth-order valence-electron chi connectivity index (χ4n) is 3.99. The first-order valence-corrected chi connectivity index (χ1v) is 9.88. The number of alkyl halides is 3. The largest absolute Gasteiger partial charge is 0.416 e. The molecule has 1 aliphatic rings. The number of carbonyl (C=O) groups excluding carboxylic acids is 2. The number of benzene rings is 1. The first-order valence-electron chi connectivity index (χ1n) is 9.88. The number of Topliss-reactive ketones (excluding diaryl/α,β-unsaturated/α-hetero) is 1. The first kappa shape index (κ1) is 21.5. The molecule has 10 heteroatoms. The molecule has 3 N–H and O–H groups in total. The Morgan fingerprint density at radius 1 is 1.22 bits per heavy atom. The van der Waals surface area contributed by atoms with Gasteiger partial charge in [0.25, 0.3) is 5.91 Å². The molecule has 3 aromatic rings. The van der Waals surface area contributed by atoms with Crippen molar-refractivity contribution in [1.82, 2.24) is 14.8 Å². The summed E-state index contributed by atoms with van der Waals surface area (Å²) in [6, 6.07) is 6.55. The second kappa shape index (κ2) is 7.77. The van der Waals surface area contributed by atoms with Gasteiger partial charge in [0.05, 0.1) is 35.0 Å². The Hall–Kier alpha value is -3.69. The van der Waals surface area contributed by atoms with Gasteiger partial charge in [0, 0.05) is 6.20 Å². The molecule has 32 heavy (non-hydrogen) atoms. The van der Waals surface area contributed by atoms with E-state index in [4.69, 9.17) is 5.73 Å². The minimum atomic E-state index is -4.46. The van der Waals surface area contributed by atoms with Crippen molar-refractivity contribution in [2.24, 2.45) is 0 Å². The molecule has 2 aromatic heterocycles. The predicted octanol–water partition coefficient (Wildman–Crippen LogP) is 4.37. The number of hydrogen-bond acceptors (Lipinski definition) is 5. The highest BCUT2D eigenvalue weighted by atomic mass is 19.4. The molecule has 0 saturated heterocycles. The number of halogens is 3. The minimum absolute atomic E-state index is 0.0545. The molecule has 1 amide bonds. The summed E-state index contributed by atoms with van der Waals surface area (Å²) in [6.45, 7) is 3.24. The number of aromatic nitrogens is 3. The van der Waals surface area contributed by atoms with E-state index in [1.807, 2.05) is 6.92 Å². The number of aryl methyl sites for hydroxylation is 1. The maximum absolute atomic E-state index is 13.3. The fourth-order valence-corrected chi connectivity index (χ4v) is 3.99. The summed E-state index contributed by atoms with van der Waals surface area (Å²) in [7, 11) is 0. The summed E-state index contributed by atoms with van der Waals surface area (Å²) < 4.78 is 40.9. The van der Waals surface area contributed by atoms with Gasteiger partial charge in [0.1, 0.15) is 11.5 Å². The Kier molecular flexibility index (Phi) is 5.23. The van der Waals surface area contributed by atoms with Crippen LogP contribution < -0.4 is 11.1 Å². The molecule has 0 aliphatic carbocycles. The van der Waals surface area contributed by atoms with Gasteiger partial charge in [-0.15, -0.1) is 0 Å². The van der Waals surface area contributed by atoms with Crippen LogP contribution in [0.2, 0.25) is 0 Å². The van der Waals surface area contributed by atoms with Gasteiger partial charge in [0.15, 0.2) is 5.78 Å². The molecule has 7 nitrogen and oxygen atoms in total. The zero-order valence-electron chi connectivity index (χ0n) is 17.3. The highest BCUT2D eigenvalue weighted by molar-refractivity contribution is 6.10. The monoisotopic (exact) mass is 443 g/mol. The topological polar surface area (TPSA) is 103 Å². The molecule has 1 unspecified atom stereocenters. The first-order chi connectivity index (χ1) is 15.1. The lowest BCUT2D eigenvalue weighted by molar-refractivity contribution is -0.138. The van der Waals surface area contributed by atoms with Crippen LogP contribution in [0.25, 0.3) is 0 Å². The van der Waals surface area contributed by atoms with E-state index in [-0.39, 0.29) is 40.2 Å². The van der Waals surface area contributed by atoms with Crippen molar-refractivity contribution in [1.29, 1.82) is 0 Å². The highest BCUT2D eigenvalue weighted by Gasteiger charge is 2.37. The van der Waals surface area contributed by atoms with Gasteiger partial charge in [-0.25, -0.2) is 4.98 Å². The highest BCUT2D eigenvalue weighted by Crippen LogP contribution is 2.40. The van der Waals surface area contributed by atoms with E-state index in [9.17, 15) is 22.8 Å². The molecule has 0 bridgehead atoms. The number of nitrogen functional groups attached to an aromatic ring is 1. The Morgan fingerprint density at radius 2 is 1.97 bits per heavy atom. The van der Waals surface area contributed by atoms with Gasteiger partial charge in [-0.1, -0.05) is 12.1 Å². The third-order valence-corrected chi connectivity index (χ3v) is 5.59. The van der Waals surface area contributed by atoms with Crippen molar-refractivity contribution >= 4 is 23.2 Å². The number of fused-ring (bicyclic) bond motifs is 1. The number of pyridine rings is 1. The second-order valence-electron chi connectivity index (χ2n) is 7.85. The Bertz CT molecular complexity index is 1200. The predicted molar refractivity (Wildman–Crippen MR) is 111 cm³/mol. The lowest BCUT2D eigenvalue weighted by Gasteiger charge is -2.28. The van der Waals surface area contributed by atoms with Crippen LogP contribution in [-0.2, 0) is 6.18 Å². The number of carbonyl (C=O) groups is 2. The Balaban J connectivity index is 1.65. The van der Waals surface area contributed by atoms with Crippen LogP contribution in [0.4, 0.5) is 24.7 Å². The maximum Gasteiger partial charge on any atom is 0.416 e. The number of amides is 1. The molecule has 1 aliphatic heterocycles. The molecule has 3 heterocycles. The minimum Gasteiger partial charge on any atom is -0.384 e. The van der Waals surface area contributed by atoms with E-state index < -0.39 is 23.6 Å². The van der Waals surface area contributed by atoms with Crippen LogP contribution in [0, 0.1) is 6.92 Å². The Labute approximate surface area is 181 Å². The van der Waals surface area contributed by atoms with Crippen molar-refractivity contribution in [2.75, 3.05) is 11.1 Å². The maximum atomic E-state index is 13.3. The number of hydrogen-bond donors (Lipinski definition) is 2. The van der Waals surface area contributed by atoms with Crippen molar-refractivity contribution in [3.8, 4) is 0 Å². The third kappa shape index (κ3) is 3.83. The van der Waals surface area contributed by atoms with Gasteiger partial charge in [-0.2, -0.15) is 18.3 Å². The van der Waals surface area contributed by atoms with Crippen molar-refractivity contribution in [3.63, 3.8) is 0 Å². The van der Waals surface area contributed by atoms with Crippen LogP contribution in [-0.4, -0.2) is 26.5 Å². The quantitative estimate of drug-likeness (QED) is 0.626. The number of nitrogens with zero attached hydrogens (tertiary/aromatic N) is 3. The second-order valence-corrected chi connectivity index (χ2v) is 7.85. The summed E-state index contributed by atoms with van der Waals surface area (Å²) in [6.07, 6.45) is -1.36. The van der Waals surface area contributed by atoms with Gasteiger partial charge < -0.3 is 11.1 Å². The van der Waals surface area contributed by atoms with Crippen molar-refractivity contribution in [3.05, 3.63) is 70.7 Å². The molecule has 1 aromatic carbocycles. The average molecular weight is 443 g/mol. The van der Waals surface area contributed by atoms with Crippen LogP contribution in [0.1, 0.15) is 62.8 Å². The van der Waals surface area contributed by atoms with Crippen LogP contribution in [0.3, 0.4) is 0 Å². The van der Waals surface area contributed by atoms with Gasteiger partial charge >= 0.3 is 6.18 Å². The van der Waals surface area contributed by atoms with Crippen molar-refractivity contribution < 1.29 is 22.8 Å². The summed E-state index contributed by atoms with van der Waals surface area (Å²) >= 11 is 0. The third-order valence-electron chi connectivity index (χ3n) is 5.59. The van der Waals surface area contributed by atoms with Gasteiger partial charge in [-0.05, 0) is 49.6 Å². The number of ketones is 1. The van der Waals surface area contributed by atoms with E-state index >= 15 is 0 Å². The lowest BCUT2D eigenvalue weighted by atomic mass is 9.83. The Morgan fingerprint density at radius 3 is 2.59 bits per heavy atom. The number of anilines is 2. The normalized spacial score (nSPS) is 18.3. The molecular weight excluding hydrogens is 423 g/mol. The molecule has 166 valence electrons. The van der Waals surface area contributed by atoms with Gasteiger partial charge in [-0.3, -0.25) is 14.3 Å². The van der Waals surface area contributed by atoms with E-state index in [2.05, 4.69) is 15.4 Å². The molecule has 0 saturated carbocycles. The summed E-state index contributed by atoms with van der Waals surface area (Å²) in [5.74, 6) is -1.18. The van der Waals surface area contributed by atoms with Crippen LogP contribution in [0.5, 0.6) is 0 Å². The fraction of sp³-hybridized carbons (Fsp3) is 0.273. The molecule has 0 fully saturated rings. The summed E-state index contributed by atoms with van der Waals surface area (Å²) in [5, 5.41) is 6.91. The van der Waals surface area contributed by atoms with E-state index in [0.29, 0.717) is 12.0 Å². The van der Waals surface area contributed by atoms with E-state index in [1.54, 1.807) is 0 Å². The zero-order valence-corrected chi connectivity index (χ0v) is 17.3. The van der Waals surface area contributed by atoms with Crippen LogP contribution >= 0.6 is 0 Å². The summed E-state index contributed by atoms with van der Waals surface area (Å²) in [5.41, 5.74) is 6.06. The molecule has 0 spiro atoms. The SMILES string of the molecule is Cc1cc(C2C[C@H](C)n3ncc(NC(=O)c4ccc(N)nc4)c3C2=O)ccc1C(F)(F)F. The molecular formula is C22H20F3N5O2.